The van der Waals surface area contributed by atoms with Crippen LogP contribution in [-0.4, -0.2) is 4.21 Å². The zero-order valence-corrected chi connectivity index (χ0v) is 12.1. The van der Waals surface area contributed by atoms with Crippen molar-refractivity contribution in [3.8, 4) is 0 Å². The third kappa shape index (κ3) is 3.39. The zero-order chi connectivity index (χ0) is 14.0. The fourth-order valence-corrected chi connectivity index (χ4v) is 3.20. The zero-order valence-electron chi connectivity index (χ0n) is 9.70. The summed E-state index contributed by atoms with van der Waals surface area (Å²) >= 11 is 3.06. The molecule has 0 aliphatic rings. The average molecular weight is 346 g/mol. The summed E-state index contributed by atoms with van der Waals surface area (Å²) in [5.74, 6) is -0.732. The molecular formula is C13H10BrF2NOS. The van der Waals surface area contributed by atoms with Crippen LogP contribution in [0.1, 0.15) is 5.56 Å². The van der Waals surface area contributed by atoms with Crippen LogP contribution in [0, 0.1) is 11.6 Å². The number of nitrogens with two attached hydrogens (primary N) is 1. The van der Waals surface area contributed by atoms with Crippen molar-refractivity contribution in [3.05, 3.63) is 58.1 Å². The van der Waals surface area contributed by atoms with E-state index in [4.69, 9.17) is 5.73 Å². The molecule has 1 unspecified atom stereocenters. The van der Waals surface area contributed by atoms with Crippen LogP contribution in [-0.2, 0) is 16.6 Å². The summed E-state index contributed by atoms with van der Waals surface area (Å²) in [6, 6.07) is 8.11. The van der Waals surface area contributed by atoms with Crippen molar-refractivity contribution in [2.45, 2.75) is 10.6 Å². The molecule has 2 aromatic rings. The quantitative estimate of drug-likeness (QED) is 0.863. The van der Waals surface area contributed by atoms with E-state index in [2.05, 4.69) is 15.9 Å². The van der Waals surface area contributed by atoms with E-state index in [0.717, 1.165) is 6.07 Å². The molecule has 0 aliphatic heterocycles. The Hall–Kier alpha value is -1.27. The first-order valence-corrected chi connectivity index (χ1v) is 7.46. The molecule has 1 atom stereocenters. The molecule has 0 aromatic heterocycles. The van der Waals surface area contributed by atoms with Crippen molar-refractivity contribution in [3.63, 3.8) is 0 Å². The van der Waals surface area contributed by atoms with Crippen molar-refractivity contribution in [2.24, 2.45) is 0 Å². The maximum atomic E-state index is 13.1. The predicted molar refractivity (Wildman–Crippen MR) is 75.0 cm³/mol. The molecule has 0 amide bonds. The minimum atomic E-state index is -1.48. The third-order valence-electron chi connectivity index (χ3n) is 2.50. The minimum Gasteiger partial charge on any atom is -0.398 e. The van der Waals surface area contributed by atoms with Gasteiger partial charge in [0.1, 0.15) is 11.6 Å². The van der Waals surface area contributed by atoms with Gasteiger partial charge in [-0.3, -0.25) is 4.21 Å². The summed E-state index contributed by atoms with van der Waals surface area (Å²) in [6.45, 7) is 0. The lowest BCUT2D eigenvalue weighted by atomic mass is 10.2. The van der Waals surface area contributed by atoms with E-state index < -0.39 is 16.6 Å². The maximum Gasteiger partial charge on any atom is 0.137 e. The number of benzene rings is 2. The predicted octanol–water partition coefficient (Wildman–Crippen LogP) is 3.62. The Morgan fingerprint density at radius 2 is 1.89 bits per heavy atom. The van der Waals surface area contributed by atoms with Gasteiger partial charge in [0.15, 0.2) is 0 Å². The van der Waals surface area contributed by atoms with Crippen molar-refractivity contribution in [1.82, 2.24) is 0 Å². The van der Waals surface area contributed by atoms with Gasteiger partial charge in [-0.15, -0.1) is 0 Å². The first-order valence-electron chi connectivity index (χ1n) is 5.34. The number of rotatable bonds is 3. The number of halogens is 3. The standard InChI is InChI=1S/C13H10BrF2NOS/c14-10-5-8(1-3-11(10)16)7-19(18)13-6-9(15)2-4-12(13)17/h1-6H,7,17H2. The molecule has 2 N–H and O–H groups in total. The molecule has 0 aliphatic carbocycles. The number of hydrogen-bond acceptors (Lipinski definition) is 2. The fraction of sp³-hybridized carbons (Fsp3) is 0.0769. The van der Waals surface area contributed by atoms with Gasteiger partial charge < -0.3 is 5.73 Å². The summed E-state index contributed by atoms with van der Waals surface area (Å²) < 4.78 is 38.6. The van der Waals surface area contributed by atoms with E-state index in [1.54, 1.807) is 6.07 Å². The van der Waals surface area contributed by atoms with Crippen LogP contribution in [0.4, 0.5) is 14.5 Å². The summed E-state index contributed by atoms with van der Waals surface area (Å²) in [4.78, 5) is 0.250. The molecule has 2 rings (SSSR count). The molecule has 0 saturated heterocycles. The van der Waals surface area contributed by atoms with Crippen LogP contribution in [0.25, 0.3) is 0 Å². The van der Waals surface area contributed by atoms with Gasteiger partial charge in [-0.25, -0.2) is 8.78 Å². The van der Waals surface area contributed by atoms with Gasteiger partial charge >= 0.3 is 0 Å². The first kappa shape index (κ1) is 14.1. The van der Waals surface area contributed by atoms with Gasteiger partial charge in [0, 0.05) is 5.69 Å². The molecule has 0 radical (unpaired) electrons. The van der Waals surface area contributed by atoms with Gasteiger partial charge in [-0.05, 0) is 51.8 Å². The van der Waals surface area contributed by atoms with Crippen LogP contribution in [0.5, 0.6) is 0 Å². The third-order valence-corrected chi connectivity index (χ3v) is 4.55. The molecule has 19 heavy (non-hydrogen) atoms. The molecule has 0 saturated carbocycles. The highest BCUT2D eigenvalue weighted by Gasteiger charge is 2.11. The Kier molecular flexibility index (Phi) is 4.31. The molecule has 0 fully saturated rings. The highest BCUT2D eigenvalue weighted by molar-refractivity contribution is 9.10. The second-order valence-corrected chi connectivity index (χ2v) is 6.19. The number of nitrogen functional groups attached to an aromatic ring is 1. The van der Waals surface area contributed by atoms with E-state index in [0.29, 0.717) is 10.0 Å². The van der Waals surface area contributed by atoms with Crippen LogP contribution in [0.2, 0.25) is 0 Å². The molecule has 0 spiro atoms. The fourth-order valence-electron chi connectivity index (χ4n) is 1.56. The van der Waals surface area contributed by atoms with Crippen LogP contribution < -0.4 is 5.73 Å². The maximum absolute atomic E-state index is 13.1. The van der Waals surface area contributed by atoms with Crippen molar-refractivity contribution in [1.29, 1.82) is 0 Å². The van der Waals surface area contributed by atoms with Gasteiger partial charge in [0.25, 0.3) is 0 Å². The van der Waals surface area contributed by atoms with E-state index in [1.807, 2.05) is 0 Å². The van der Waals surface area contributed by atoms with Crippen molar-refractivity contribution >= 4 is 32.4 Å². The second-order valence-electron chi connectivity index (χ2n) is 3.92. The lowest BCUT2D eigenvalue weighted by Gasteiger charge is -2.07. The highest BCUT2D eigenvalue weighted by Crippen LogP contribution is 2.22. The summed E-state index contributed by atoms with van der Waals surface area (Å²) in [5.41, 5.74) is 6.62. The Morgan fingerprint density at radius 3 is 2.58 bits per heavy atom. The number of hydrogen-bond donors (Lipinski definition) is 1. The molecule has 2 nitrogen and oxygen atoms in total. The summed E-state index contributed by atoms with van der Waals surface area (Å²) in [6.07, 6.45) is 0. The summed E-state index contributed by atoms with van der Waals surface area (Å²) in [5, 5.41) is 0. The second kappa shape index (κ2) is 5.79. The molecule has 6 heteroatoms. The molecule has 2 aromatic carbocycles. The van der Waals surface area contributed by atoms with Crippen LogP contribution in [0.15, 0.2) is 45.8 Å². The number of anilines is 1. The average Bonchev–Trinajstić information content (AvgIpc) is 2.36. The van der Waals surface area contributed by atoms with Gasteiger partial charge in [-0.1, -0.05) is 6.07 Å². The topological polar surface area (TPSA) is 43.1 Å². The van der Waals surface area contributed by atoms with E-state index in [9.17, 15) is 13.0 Å². The molecular weight excluding hydrogens is 336 g/mol. The molecule has 0 bridgehead atoms. The summed E-state index contributed by atoms with van der Waals surface area (Å²) in [7, 11) is -1.48. The lowest BCUT2D eigenvalue weighted by molar-refractivity contribution is 0.620. The molecule has 100 valence electrons. The van der Waals surface area contributed by atoms with Crippen LogP contribution in [0.3, 0.4) is 0 Å². The normalized spacial score (nSPS) is 12.4. The first-order chi connectivity index (χ1) is 8.97. The van der Waals surface area contributed by atoms with Crippen LogP contribution >= 0.6 is 15.9 Å². The lowest BCUT2D eigenvalue weighted by Crippen LogP contribution is -2.02. The smallest absolute Gasteiger partial charge is 0.137 e. The van der Waals surface area contributed by atoms with Gasteiger partial charge in [0.2, 0.25) is 0 Å². The van der Waals surface area contributed by atoms with Crippen molar-refractivity contribution in [2.75, 3.05) is 5.73 Å². The van der Waals surface area contributed by atoms with E-state index >= 15 is 0 Å². The van der Waals surface area contributed by atoms with Crippen molar-refractivity contribution < 1.29 is 13.0 Å². The Labute approximate surface area is 120 Å². The van der Waals surface area contributed by atoms with E-state index in [-0.39, 0.29) is 22.2 Å². The Bertz CT molecular complexity index is 649. The van der Waals surface area contributed by atoms with Gasteiger partial charge in [0.05, 0.1) is 25.9 Å². The van der Waals surface area contributed by atoms with E-state index in [1.165, 1.54) is 24.3 Å². The SMILES string of the molecule is Nc1ccc(F)cc1S(=O)Cc1ccc(F)c(Br)c1. The Morgan fingerprint density at radius 1 is 1.16 bits per heavy atom. The highest BCUT2D eigenvalue weighted by atomic mass is 79.9. The monoisotopic (exact) mass is 345 g/mol. The Balaban J connectivity index is 2.25. The van der Waals surface area contributed by atoms with Gasteiger partial charge in [-0.2, -0.15) is 0 Å². The minimum absolute atomic E-state index is 0.145. The largest absolute Gasteiger partial charge is 0.398 e. The molecule has 0 heterocycles.